The van der Waals surface area contributed by atoms with E-state index >= 15 is 0 Å². The van der Waals surface area contributed by atoms with E-state index in [1.807, 2.05) is 12.1 Å². The van der Waals surface area contributed by atoms with Crippen LogP contribution in [0, 0.1) is 0 Å². The molecule has 0 aromatic carbocycles. The number of rotatable bonds is 14. The first-order valence-electron chi connectivity index (χ1n) is 11.3. The van der Waals surface area contributed by atoms with Gasteiger partial charge < -0.3 is 20.4 Å². The molecule has 13 nitrogen and oxygen atoms in total. The van der Waals surface area contributed by atoms with Crippen LogP contribution >= 0.6 is 0 Å². The Labute approximate surface area is 216 Å². The van der Waals surface area contributed by atoms with Crippen LogP contribution in [0.4, 0.5) is 0 Å². The predicted molar refractivity (Wildman–Crippen MR) is 132 cm³/mol. The van der Waals surface area contributed by atoms with Gasteiger partial charge in [-0.05, 0) is 35.9 Å². The zero-order chi connectivity index (χ0) is 27.7. The molecule has 0 aliphatic heterocycles. The van der Waals surface area contributed by atoms with Gasteiger partial charge in [0.05, 0.1) is 49.0 Å². The summed E-state index contributed by atoms with van der Waals surface area (Å²) in [7, 11) is 0. The molecular formula is C25H25N5O8. The van der Waals surface area contributed by atoms with Crippen LogP contribution < -0.4 is 0 Å². The standard InChI is InChI=1S/C25H25N5O8/c31-22(32)12-29(13-23(33)34)10-18-7-17(8-19(28-18)11-30(14-24(35)36)15-25(37)38)16-4-5-21(27-9-16)20-3-1-2-6-26-20/h1-9H,10-15H2,(H,31,32)(H,33,34)(H,35,36)(H,37,38). The zero-order valence-corrected chi connectivity index (χ0v) is 20.1. The SMILES string of the molecule is O=C(O)CN(CC(=O)O)Cc1cc(-c2ccc(-c3ccccn3)nc2)cc(CN(CC(=O)O)CC(=O)O)n1. The number of hydrogen-bond donors (Lipinski definition) is 4. The Balaban J connectivity index is 1.99. The van der Waals surface area contributed by atoms with Crippen molar-refractivity contribution in [2.24, 2.45) is 0 Å². The maximum atomic E-state index is 11.3. The van der Waals surface area contributed by atoms with Crippen LogP contribution in [0.15, 0.2) is 54.9 Å². The summed E-state index contributed by atoms with van der Waals surface area (Å²) in [5, 5.41) is 36.7. The van der Waals surface area contributed by atoms with E-state index in [0.29, 0.717) is 33.9 Å². The number of aliphatic carboxylic acids is 4. The van der Waals surface area contributed by atoms with Gasteiger partial charge in [-0.2, -0.15) is 0 Å². The van der Waals surface area contributed by atoms with Crippen molar-refractivity contribution >= 4 is 23.9 Å². The Bertz CT molecular complexity index is 1210. The smallest absolute Gasteiger partial charge is 0.317 e. The lowest BCUT2D eigenvalue weighted by Gasteiger charge is -2.21. The minimum Gasteiger partial charge on any atom is -0.480 e. The molecule has 0 bridgehead atoms. The maximum absolute atomic E-state index is 11.3. The summed E-state index contributed by atoms with van der Waals surface area (Å²) in [5.41, 5.74) is 3.19. The Kier molecular flexibility index (Phi) is 9.51. The molecule has 13 heteroatoms. The lowest BCUT2D eigenvalue weighted by atomic mass is 10.0. The quantitative estimate of drug-likeness (QED) is 0.235. The normalized spacial score (nSPS) is 11.0. The average Bonchev–Trinajstić information content (AvgIpc) is 2.83. The van der Waals surface area contributed by atoms with Crippen LogP contribution in [0.25, 0.3) is 22.5 Å². The second kappa shape index (κ2) is 13.0. The molecule has 0 spiro atoms. The Morgan fingerprint density at radius 1 is 0.632 bits per heavy atom. The second-order valence-corrected chi connectivity index (χ2v) is 8.35. The fraction of sp³-hybridized carbons (Fsp3) is 0.240. The Hall–Kier alpha value is -4.75. The van der Waals surface area contributed by atoms with Gasteiger partial charge >= 0.3 is 23.9 Å². The minimum absolute atomic E-state index is 0.128. The number of aromatic nitrogens is 3. The molecule has 0 saturated carbocycles. The fourth-order valence-corrected chi connectivity index (χ4v) is 3.77. The number of pyridine rings is 3. The third-order valence-electron chi connectivity index (χ3n) is 5.16. The number of hydrogen-bond acceptors (Lipinski definition) is 9. The van der Waals surface area contributed by atoms with Crippen molar-refractivity contribution in [2.45, 2.75) is 13.1 Å². The molecule has 0 amide bonds. The number of carboxylic acid groups (broad SMARTS) is 4. The van der Waals surface area contributed by atoms with E-state index in [2.05, 4.69) is 15.0 Å². The Morgan fingerprint density at radius 3 is 1.53 bits per heavy atom. The van der Waals surface area contributed by atoms with Crippen LogP contribution in [0.3, 0.4) is 0 Å². The highest BCUT2D eigenvalue weighted by molar-refractivity contribution is 5.73. The van der Waals surface area contributed by atoms with E-state index < -0.39 is 50.1 Å². The van der Waals surface area contributed by atoms with Gasteiger partial charge in [0.2, 0.25) is 0 Å². The van der Waals surface area contributed by atoms with E-state index in [1.165, 1.54) is 9.80 Å². The van der Waals surface area contributed by atoms with Gasteiger partial charge in [0.25, 0.3) is 0 Å². The summed E-state index contributed by atoms with van der Waals surface area (Å²) in [6.45, 7) is -2.43. The van der Waals surface area contributed by atoms with E-state index in [4.69, 9.17) is 0 Å². The molecule has 0 aliphatic rings. The van der Waals surface area contributed by atoms with Crippen molar-refractivity contribution in [3.8, 4) is 22.5 Å². The molecule has 0 radical (unpaired) electrons. The van der Waals surface area contributed by atoms with Gasteiger partial charge in [-0.25, -0.2) is 0 Å². The summed E-state index contributed by atoms with van der Waals surface area (Å²) in [6.07, 6.45) is 3.25. The van der Waals surface area contributed by atoms with Crippen molar-refractivity contribution in [1.82, 2.24) is 24.8 Å². The van der Waals surface area contributed by atoms with Crippen LogP contribution in [0.5, 0.6) is 0 Å². The molecular weight excluding hydrogens is 498 g/mol. The summed E-state index contributed by atoms with van der Waals surface area (Å²) in [4.78, 5) is 60.5. The lowest BCUT2D eigenvalue weighted by Crippen LogP contribution is -2.35. The molecule has 3 heterocycles. The van der Waals surface area contributed by atoms with Crippen molar-refractivity contribution in [2.75, 3.05) is 26.2 Å². The van der Waals surface area contributed by atoms with Gasteiger partial charge in [-0.1, -0.05) is 12.1 Å². The van der Waals surface area contributed by atoms with Gasteiger partial charge in [-0.3, -0.25) is 43.9 Å². The van der Waals surface area contributed by atoms with Crippen molar-refractivity contribution in [3.05, 3.63) is 66.2 Å². The van der Waals surface area contributed by atoms with Crippen LogP contribution in [-0.4, -0.2) is 95.2 Å². The predicted octanol–water partition coefficient (Wildman–Crippen LogP) is 1.15. The number of carbonyl (C=O) groups is 4. The zero-order valence-electron chi connectivity index (χ0n) is 20.1. The molecule has 3 aromatic rings. The highest BCUT2D eigenvalue weighted by atomic mass is 16.4. The maximum Gasteiger partial charge on any atom is 0.317 e. The Morgan fingerprint density at radius 2 is 1.13 bits per heavy atom. The summed E-state index contributed by atoms with van der Waals surface area (Å²) < 4.78 is 0. The van der Waals surface area contributed by atoms with Crippen LogP contribution in [0.2, 0.25) is 0 Å². The molecule has 198 valence electrons. The summed E-state index contributed by atoms with van der Waals surface area (Å²) >= 11 is 0. The highest BCUT2D eigenvalue weighted by Crippen LogP contribution is 2.24. The third kappa shape index (κ3) is 8.72. The fourth-order valence-electron chi connectivity index (χ4n) is 3.77. The van der Waals surface area contributed by atoms with Crippen molar-refractivity contribution in [3.63, 3.8) is 0 Å². The van der Waals surface area contributed by atoms with Gasteiger partial charge in [0.1, 0.15) is 0 Å². The lowest BCUT2D eigenvalue weighted by molar-refractivity contribution is -0.144. The van der Waals surface area contributed by atoms with Crippen LogP contribution in [-0.2, 0) is 32.3 Å². The van der Waals surface area contributed by atoms with Crippen molar-refractivity contribution < 1.29 is 39.6 Å². The molecule has 0 fully saturated rings. The molecule has 3 rings (SSSR count). The van der Waals surface area contributed by atoms with Crippen LogP contribution in [0.1, 0.15) is 11.4 Å². The van der Waals surface area contributed by atoms with E-state index in [0.717, 1.165) is 0 Å². The first-order chi connectivity index (χ1) is 18.1. The average molecular weight is 524 g/mol. The van der Waals surface area contributed by atoms with E-state index in [-0.39, 0.29) is 13.1 Å². The number of carboxylic acids is 4. The minimum atomic E-state index is -1.22. The largest absolute Gasteiger partial charge is 0.480 e. The van der Waals surface area contributed by atoms with Gasteiger partial charge in [-0.15, -0.1) is 0 Å². The monoisotopic (exact) mass is 523 g/mol. The van der Waals surface area contributed by atoms with Crippen molar-refractivity contribution in [1.29, 1.82) is 0 Å². The van der Waals surface area contributed by atoms with E-state index in [1.54, 1.807) is 42.7 Å². The second-order valence-electron chi connectivity index (χ2n) is 8.35. The molecule has 0 unspecified atom stereocenters. The molecule has 3 aromatic heterocycles. The molecule has 0 aliphatic carbocycles. The van der Waals surface area contributed by atoms with E-state index in [9.17, 15) is 39.6 Å². The summed E-state index contributed by atoms with van der Waals surface area (Å²) in [5.74, 6) is -4.87. The highest BCUT2D eigenvalue weighted by Gasteiger charge is 2.19. The first kappa shape index (κ1) is 27.8. The summed E-state index contributed by atoms with van der Waals surface area (Å²) in [6, 6.07) is 12.3. The third-order valence-corrected chi connectivity index (χ3v) is 5.16. The molecule has 0 saturated heterocycles. The molecule has 0 atom stereocenters. The first-order valence-corrected chi connectivity index (χ1v) is 11.3. The number of nitrogens with zero attached hydrogens (tertiary/aromatic N) is 5. The topological polar surface area (TPSA) is 194 Å². The van der Waals surface area contributed by atoms with Gasteiger partial charge in [0, 0.05) is 31.0 Å². The van der Waals surface area contributed by atoms with Gasteiger partial charge in [0.15, 0.2) is 0 Å². The molecule has 38 heavy (non-hydrogen) atoms. The molecule has 4 N–H and O–H groups in total.